The molecular weight excluding hydrogens is 288 g/mol. The molecule has 1 unspecified atom stereocenters. The van der Waals surface area contributed by atoms with Gasteiger partial charge in [-0.3, -0.25) is 4.90 Å². The van der Waals surface area contributed by atoms with Crippen LogP contribution in [0.15, 0.2) is 54.6 Å². The number of carboxylic acid groups (broad SMARTS) is 1. The van der Waals surface area contributed by atoms with E-state index < -0.39 is 5.97 Å². The lowest BCUT2D eigenvalue weighted by Gasteiger charge is -2.36. The van der Waals surface area contributed by atoms with Crippen molar-refractivity contribution in [1.82, 2.24) is 10.2 Å². The lowest BCUT2D eigenvalue weighted by molar-refractivity contribution is 0.0692. The number of carboxylic acids is 1. The largest absolute Gasteiger partial charge is 0.478 e. The number of nitrogens with one attached hydrogen (secondary N) is 1. The molecule has 2 aromatic rings. The number of rotatable bonds is 5. The first-order chi connectivity index (χ1) is 11.2. The maximum absolute atomic E-state index is 11.4. The number of hydrogen-bond acceptors (Lipinski definition) is 3. The van der Waals surface area contributed by atoms with Crippen molar-refractivity contribution in [2.24, 2.45) is 0 Å². The zero-order chi connectivity index (χ0) is 16.1. The van der Waals surface area contributed by atoms with Crippen LogP contribution in [0.2, 0.25) is 0 Å². The van der Waals surface area contributed by atoms with Gasteiger partial charge in [0.05, 0.1) is 5.56 Å². The molecule has 0 bridgehead atoms. The molecule has 23 heavy (non-hydrogen) atoms. The van der Waals surface area contributed by atoms with Crippen molar-refractivity contribution in [2.45, 2.75) is 19.0 Å². The predicted molar refractivity (Wildman–Crippen MR) is 90.6 cm³/mol. The van der Waals surface area contributed by atoms with Crippen molar-refractivity contribution in [1.29, 1.82) is 0 Å². The van der Waals surface area contributed by atoms with Gasteiger partial charge >= 0.3 is 5.97 Å². The number of carbonyl (C=O) groups is 1. The molecule has 3 rings (SSSR count). The average molecular weight is 310 g/mol. The molecule has 1 atom stereocenters. The number of nitrogens with zero attached hydrogens (tertiary/aromatic N) is 1. The fourth-order valence-corrected chi connectivity index (χ4v) is 3.18. The Balaban J connectivity index is 1.76. The van der Waals surface area contributed by atoms with Gasteiger partial charge in [-0.15, -0.1) is 0 Å². The number of aromatic carboxylic acids is 1. The Morgan fingerprint density at radius 2 is 1.87 bits per heavy atom. The van der Waals surface area contributed by atoms with E-state index in [4.69, 9.17) is 0 Å². The van der Waals surface area contributed by atoms with Crippen molar-refractivity contribution >= 4 is 5.97 Å². The molecule has 1 fully saturated rings. The second-order valence-corrected chi connectivity index (χ2v) is 5.98. The average Bonchev–Trinajstić information content (AvgIpc) is 2.58. The number of hydrogen-bond donors (Lipinski definition) is 2. The summed E-state index contributed by atoms with van der Waals surface area (Å²) in [7, 11) is 0. The van der Waals surface area contributed by atoms with Gasteiger partial charge in [0.25, 0.3) is 0 Å². The molecule has 0 spiro atoms. The van der Waals surface area contributed by atoms with Gasteiger partial charge in [-0.25, -0.2) is 4.79 Å². The van der Waals surface area contributed by atoms with Crippen LogP contribution in [-0.4, -0.2) is 41.7 Å². The minimum Gasteiger partial charge on any atom is -0.478 e. The van der Waals surface area contributed by atoms with Crippen LogP contribution in [0.5, 0.6) is 0 Å². The van der Waals surface area contributed by atoms with E-state index in [1.54, 1.807) is 12.1 Å². The Bertz CT molecular complexity index is 657. The van der Waals surface area contributed by atoms with Crippen LogP contribution >= 0.6 is 0 Å². The zero-order valence-electron chi connectivity index (χ0n) is 13.1. The van der Waals surface area contributed by atoms with Crippen molar-refractivity contribution in [3.05, 3.63) is 71.3 Å². The van der Waals surface area contributed by atoms with Gasteiger partial charge < -0.3 is 10.4 Å². The first-order valence-corrected chi connectivity index (χ1v) is 8.04. The molecule has 2 N–H and O–H groups in total. The van der Waals surface area contributed by atoms with E-state index in [1.165, 1.54) is 5.56 Å². The lowest BCUT2D eigenvalue weighted by Crippen LogP contribution is -2.51. The summed E-state index contributed by atoms with van der Waals surface area (Å²) in [5, 5.41) is 12.8. The van der Waals surface area contributed by atoms with Gasteiger partial charge in [0.2, 0.25) is 0 Å². The molecule has 4 heteroatoms. The molecule has 120 valence electrons. The van der Waals surface area contributed by atoms with Crippen LogP contribution < -0.4 is 5.32 Å². The summed E-state index contributed by atoms with van der Waals surface area (Å²) >= 11 is 0. The quantitative estimate of drug-likeness (QED) is 0.890. The lowest BCUT2D eigenvalue weighted by atomic mass is 10.0. The Labute approximate surface area is 136 Å². The van der Waals surface area contributed by atoms with Crippen LogP contribution in [-0.2, 0) is 13.0 Å². The van der Waals surface area contributed by atoms with E-state index in [0.29, 0.717) is 18.2 Å². The van der Waals surface area contributed by atoms with E-state index in [0.717, 1.165) is 31.6 Å². The highest BCUT2D eigenvalue weighted by molar-refractivity contribution is 5.89. The highest BCUT2D eigenvalue weighted by atomic mass is 16.4. The van der Waals surface area contributed by atoms with Crippen molar-refractivity contribution < 1.29 is 9.90 Å². The summed E-state index contributed by atoms with van der Waals surface area (Å²) in [6, 6.07) is 18.2. The number of benzene rings is 2. The van der Waals surface area contributed by atoms with Crippen LogP contribution in [0.4, 0.5) is 0 Å². The molecular formula is C19H22N2O2. The van der Waals surface area contributed by atoms with Gasteiger partial charge in [-0.2, -0.15) is 0 Å². The highest BCUT2D eigenvalue weighted by Gasteiger charge is 2.23. The van der Waals surface area contributed by atoms with Crippen molar-refractivity contribution in [2.75, 3.05) is 19.6 Å². The normalized spacial score (nSPS) is 18.7. The minimum absolute atomic E-state index is 0.382. The van der Waals surface area contributed by atoms with E-state index in [2.05, 4.69) is 34.5 Å². The molecule has 1 heterocycles. The van der Waals surface area contributed by atoms with Gasteiger partial charge in [0.1, 0.15) is 0 Å². The SMILES string of the molecule is O=C(O)c1ccccc1CN1CCNCC1Cc1ccccc1. The smallest absolute Gasteiger partial charge is 0.336 e. The van der Waals surface area contributed by atoms with Crippen LogP contribution in [0, 0.1) is 0 Å². The van der Waals surface area contributed by atoms with Gasteiger partial charge in [-0.05, 0) is 23.6 Å². The molecule has 0 aromatic heterocycles. The summed E-state index contributed by atoms with van der Waals surface area (Å²) in [6.07, 6.45) is 0.975. The summed E-state index contributed by atoms with van der Waals surface area (Å²) in [6.45, 7) is 3.50. The van der Waals surface area contributed by atoms with E-state index in [1.807, 2.05) is 18.2 Å². The minimum atomic E-state index is -0.852. The Morgan fingerprint density at radius 1 is 1.13 bits per heavy atom. The topological polar surface area (TPSA) is 52.6 Å². The molecule has 0 aliphatic carbocycles. The Hall–Kier alpha value is -2.17. The summed E-state index contributed by atoms with van der Waals surface area (Å²) in [4.78, 5) is 13.8. The van der Waals surface area contributed by atoms with Crippen LogP contribution in [0.3, 0.4) is 0 Å². The molecule has 0 amide bonds. The fraction of sp³-hybridized carbons (Fsp3) is 0.316. The predicted octanol–water partition coefficient (Wildman–Crippen LogP) is 2.40. The second kappa shape index (κ2) is 7.40. The number of piperazine rings is 1. The maximum Gasteiger partial charge on any atom is 0.336 e. The van der Waals surface area contributed by atoms with E-state index >= 15 is 0 Å². The third kappa shape index (κ3) is 3.97. The van der Waals surface area contributed by atoms with Gasteiger partial charge in [0, 0.05) is 32.2 Å². The summed E-state index contributed by atoms with van der Waals surface area (Å²) in [5.74, 6) is -0.852. The zero-order valence-corrected chi connectivity index (χ0v) is 13.1. The van der Waals surface area contributed by atoms with E-state index in [9.17, 15) is 9.90 Å². The fourth-order valence-electron chi connectivity index (χ4n) is 3.18. The van der Waals surface area contributed by atoms with Gasteiger partial charge in [-0.1, -0.05) is 48.5 Å². The molecule has 0 saturated carbocycles. The van der Waals surface area contributed by atoms with Crippen LogP contribution in [0.1, 0.15) is 21.5 Å². The Morgan fingerprint density at radius 3 is 2.65 bits per heavy atom. The molecule has 1 aliphatic rings. The maximum atomic E-state index is 11.4. The second-order valence-electron chi connectivity index (χ2n) is 5.98. The van der Waals surface area contributed by atoms with Crippen molar-refractivity contribution in [3.8, 4) is 0 Å². The van der Waals surface area contributed by atoms with E-state index in [-0.39, 0.29) is 0 Å². The first kappa shape index (κ1) is 15.7. The van der Waals surface area contributed by atoms with Crippen LogP contribution in [0.25, 0.3) is 0 Å². The first-order valence-electron chi connectivity index (χ1n) is 8.04. The third-order valence-electron chi connectivity index (χ3n) is 4.41. The molecule has 1 aliphatic heterocycles. The molecule has 1 saturated heterocycles. The standard InChI is InChI=1S/C19H22N2O2/c22-19(23)18-9-5-4-8-16(18)14-21-11-10-20-13-17(21)12-15-6-2-1-3-7-15/h1-9,17,20H,10-14H2,(H,22,23). The summed E-state index contributed by atoms with van der Waals surface area (Å²) < 4.78 is 0. The monoisotopic (exact) mass is 310 g/mol. The third-order valence-corrected chi connectivity index (χ3v) is 4.41. The Kier molecular flexibility index (Phi) is 5.05. The highest BCUT2D eigenvalue weighted by Crippen LogP contribution is 2.17. The van der Waals surface area contributed by atoms with Gasteiger partial charge in [0.15, 0.2) is 0 Å². The molecule has 2 aromatic carbocycles. The van der Waals surface area contributed by atoms with Crippen molar-refractivity contribution in [3.63, 3.8) is 0 Å². The molecule has 0 radical (unpaired) electrons. The molecule has 4 nitrogen and oxygen atoms in total. The summed E-state index contributed by atoms with van der Waals surface area (Å²) in [5.41, 5.74) is 2.61.